The van der Waals surface area contributed by atoms with E-state index >= 15 is 0 Å². The Labute approximate surface area is 211 Å². The van der Waals surface area contributed by atoms with E-state index in [1.165, 1.54) is 11.3 Å². The van der Waals surface area contributed by atoms with E-state index in [2.05, 4.69) is 32.7 Å². The number of Topliss-reactive ketones (excluding diaryl/α,β-unsaturated/α-hetero) is 1. The lowest BCUT2D eigenvalue weighted by Gasteiger charge is -2.27. The normalized spacial score (nSPS) is 16.3. The molecule has 1 aromatic heterocycles. The van der Waals surface area contributed by atoms with Crippen LogP contribution in [0.25, 0.3) is 10.6 Å². The Morgan fingerprint density at radius 2 is 1.74 bits per heavy atom. The standard InChI is InChI=1S/C29H32N2O3S/c1-6-7-17-31-23(19-13-15-21(16-14-19)29(3,4)5)22(25(33)28(31)34)24(32)26-18(2)30-27(35-26)20-11-9-8-10-12-20/h8-16,23,33H,6-7,17H2,1-5H3. The second kappa shape index (κ2) is 9.78. The average molecular weight is 489 g/mol. The molecule has 5 nitrogen and oxygen atoms in total. The second-order valence-electron chi connectivity index (χ2n) is 10.0. The van der Waals surface area contributed by atoms with Crippen LogP contribution in [0.4, 0.5) is 0 Å². The molecule has 0 bridgehead atoms. The molecule has 4 rings (SSSR count). The quantitative estimate of drug-likeness (QED) is 0.372. The molecule has 0 radical (unpaired) electrons. The van der Waals surface area contributed by atoms with Crippen molar-refractivity contribution in [3.05, 3.63) is 87.6 Å². The SMILES string of the molecule is CCCCN1C(=O)C(O)=C(C(=O)c2sc(-c3ccccc3)nc2C)C1c1ccc(C(C)(C)C)cc1. The number of benzene rings is 2. The molecule has 2 aromatic carbocycles. The van der Waals surface area contributed by atoms with Crippen LogP contribution >= 0.6 is 11.3 Å². The molecule has 0 aliphatic carbocycles. The summed E-state index contributed by atoms with van der Waals surface area (Å²) in [5.74, 6) is -1.28. The number of rotatable bonds is 7. The van der Waals surface area contributed by atoms with Gasteiger partial charge in [0.15, 0.2) is 5.76 Å². The number of hydrogen-bond donors (Lipinski definition) is 1. The Balaban J connectivity index is 1.77. The van der Waals surface area contributed by atoms with Gasteiger partial charge in [-0.25, -0.2) is 4.98 Å². The van der Waals surface area contributed by atoms with Gasteiger partial charge in [-0.05, 0) is 29.9 Å². The van der Waals surface area contributed by atoms with Gasteiger partial charge in [0.1, 0.15) is 5.01 Å². The van der Waals surface area contributed by atoms with Crippen molar-refractivity contribution in [3.63, 3.8) is 0 Å². The molecule has 1 atom stereocenters. The fourth-order valence-corrected chi connectivity index (χ4v) is 5.42. The van der Waals surface area contributed by atoms with Crippen molar-refractivity contribution >= 4 is 23.0 Å². The summed E-state index contributed by atoms with van der Waals surface area (Å²) >= 11 is 1.30. The number of aromatic nitrogens is 1. The molecule has 0 fully saturated rings. The Morgan fingerprint density at radius 1 is 1.09 bits per heavy atom. The van der Waals surface area contributed by atoms with Gasteiger partial charge in [0.25, 0.3) is 5.91 Å². The van der Waals surface area contributed by atoms with E-state index < -0.39 is 17.7 Å². The molecule has 182 valence electrons. The molecular weight excluding hydrogens is 456 g/mol. The molecule has 35 heavy (non-hydrogen) atoms. The number of unbranched alkanes of at least 4 members (excludes halogenated alkanes) is 1. The summed E-state index contributed by atoms with van der Waals surface area (Å²) in [5.41, 5.74) is 3.63. The molecule has 1 aliphatic rings. The number of aliphatic hydroxyl groups is 1. The van der Waals surface area contributed by atoms with Crippen molar-refractivity contribution in [2.45, 2.75) is 58.9 Å². The number of carbonyl (C=O) groups is 2. The molecule has 1 unspecified atom stereocenters. The summed E-state index contributed by atoms with van der Waals surface area (Å²) in [6.07, 6.45) is 1.69. The van der Waals surface area contributed by atoms with Gasteiger partial charge in [0, 0.05) is 12.1 Å². The minimum Gasteiger partial charge on any atom is -0.503 e. The largest absolute Gasteiger partial charge is 0.503 e. The van der Waals surface area contributed by atoms with E-state index in [1.807, 2.05) is 54.6 Å². The number of carbonyl (C=O) groups excluding carboxylic acids is 2. The van der Waals surface area contributed by atoms with Crippen LogP contribution in [0.1, 0.15) is 73.1 Å². The highest BCUT2D eigenvalue weighted by molar-refractivity contribution is 7.17. The monoisotopic (exact) mass is 488 g/mol. The highest BCUT2D eigenvalue weighted by Crippen LogP contribution is 2.41. The van der Waals surface area contributed by atoms with Crippen molar-refractivity contribution < 1.29 is 14.7 Å². The maximum absolute atomic E-state index is 13.9. The summed E-state index contributed by atoms with van der Waals surface area (Å²) in [4.78, 5) is 33.7. The third kappa shape index (κ3) is 4.80. The second-order valence-corrected chi connectivity index (χ2v) is 11.0. The number of nitrogens with zero attached hydrogens (tertiary/aromatic N) is 2. The van der Waals surface area contributed by atoms with E-state index in [4.69, 9.17) is 0 Å². The molecule has 0 spiro atoms. The van der Waals surface area contributed by atoms with E-state index in [1.54, 1.807) is 11.8 Å². The van der Waals surface area contributed by atoms with Gasteiger partial charge in [0.2, 0.25) is 5.78 Å². The van der Waals surface area contributed by atoms with Crippen molar-refractivity contribution in [1.29, 1.82) is 0 Å². The Bertz CT molecular complexity index is 1270. The first kappa shape index (κ1) is 24.9. The Morgan fingerprint density at radius 3 is 2.34 bits per heavy atom. The zero-order valence-corrected chi connectivity index (χ0v) is 21.8. The van der Waals surface area contributed by atoms with E-state index in [0.29, 0.717) is 17.1 Å². The van der Waals surface area contributed by atoms with Crippen molar-refractivity contribution in [2.24, 2.45) is 0 Å². The van der Waals surface area contributed by atoms with Crippen LogP contribution < -0.4 is 0 Å². The number of hydrogen-bond acceptors (Lipinski definition) is 5. The molecule has 1 N–H and O–H groups in total. The molecule has 0 saturated heterocycles. The van der Waals surface area contributed by atoms with Crippen LogP contribution in [0.5, 0.6) is 0 Å². The maximum atomic E-state index is 13.9. The first-order valence-electron chi connectivity index (χ1n) is 12.1. The zero-order chi connectivity index (χ0) is 25.3. The molecular formula is C29H32N2O3S. The highest BCUT2D eigenvalue weighted by Gasteiger charge is 2.44. The predicted molar refractivity (Wildman–Crippen MR) is 141 cm³/mol. The third-order valence-electron chi connectivity index (χ3n) is 6.42. The number of aliphatic hydroxyl groups excluding tert-OH is 1. The number of aryl methyl sites for hydroxylation is 1. The van der Waals surface area contributed by atoms with Gasteiger partial charge in [-0.2, -0.15) is 0 Å². The van der Waals surface area contributed by atoms with Crippen molar-refractivity contribution in [1.82, 2.24) is 9.88 Å². The molecule has 0 saturated carbocycles. The molecule has 1 amide bonds. The summed E-state index contributed by atoms with van der Waals surface area (Å²) in [5, 5.41) is 11.7. The highest BCUT2D eigenvalue weighted by atomic mass is 32.1. The average Bonchev–Trinajstić information content (AvgIpc) is 3.35. The number of amides is 1. The summed E-state index contributed by atoms with van der Waals surface area (Å²) in [6, 6.07) is 17.1. The first-order valence-corrected chi connectivity index (χ1v) is 12.9. The lowest BCUT2D eigenvalue weighted by Crippen LogP contribution is -2.32. The molecule has 1 aliphatic heterocycles. The minimum atomic E-state index is -0.628. The summed E-state index contributed by atoms with van der Waals surface area (Å²) < 4.78 is 0. The molecule has 6 heteroatoms. The Kier molecular flexibility index (Phi) is 6.95. The van der Waals surface area contributed by atoms with E-state index in [-0.39, 0.29) is 16.8 Å². The lowest BCUT2D eigenvalue weighted by atomic mass is 9.85. The third-order valence-corrected chi connectivity index (χ3v) is 7.62. The maximum Gasteiger partial charge on any atom is 0.290 e. The predicted octanol–water partition coefficient (Wildman–Crippen LogP) is 6.79. The van der Waals surface area contributed by atoms with E-state index in [9.17, 15) is 14.7 Å². The van der Waals surface area contributed by atoms with Crippen molar-refractivity contribution in [3.8, 4) is 10.6 Å². The smallest absolute Gasteiger partial charge is 0.290 e. The topological polar surface area (TPSA) is 70.5 Å². The molecule has 3 aromatic rings. The first-order chi connectivity index (χ1) is 16.6. The van der Waals surface area contributed by atoms with Crippen LogP contribution in [0.15, 0.2) is 65.9 Å². The van der Waals surface area contributed by atoms with Crippen LogP contribution in [0.2, 0.25) is 0 Å². The van der Waals surface area contributed by atoms with Crippen molar-refractivity contribution in [2.75, 3.05) is 6.54 Å². The van der Waals surface area contributed by atoms with Crippen LogP contribution in [-0.2, 0) is 10.2 Å². The lowest BCUT2D eigenvalue weighted by molar-refractivity contribution is -0.129. The summed E-state index contributed by atoms with van der Waals surface area (Å²) in [6.45, 7) is 10.8. The fourth-order valence-electron chi connectivity index (χ4n) is 4.39. The fraction of sp³-hybridized carbons (Fsp3) is 0.345. The number of ketones is 1. The van der Waals surface area contributed by atoms with Crippen LogP contribution in [-0.4, -0.2) is 33.2 Å². The Hall–Kier alpha value is -3.25. The van der Waals surface area contributed by atoms with Gasteiger partial charge >= 0.3 is 0 Å². The van der Waals surface area contributed by atoms with Gasteiger partial charge < -0.3 is 10.0 Å². The van der Waals surface area contributed by atoms with E-state index in [0.717, 1.165) is 34.5 Å². The zero-order valence-electron chi connectivity index (χ0n) is 21.0. The number of thiazole rings is 1. The van der Waals surface area contributed by atoms with Gasteiger partial charge in [-0.15, -0.1) is 11.3 Å². The van der Waals surface area contributed by atoms with Crippen LogP contribution in [0.3, 0.4) is 0 Å². The van der Waals surface area contributed by atoms with Gasteiger partial charge in [-0.1, -0.05) is 88.7 Å². The van der Waals surface area contributed by atoms with Gasteiger partial charge in [0.05, 0.1) is 22.2 Å². The summed E-state index contributed by atoms with van der Waals surface area (Å²) in [7, 11) is 0. The van der Waals surface area contributed by atoms with Crippen LogP contribution in [0, 0.1) is 6.92 Å². The molecule has 2 heterocycles. The minimum absolute atomic E-state index is 0.0177. The van der Waals surface area contributed by atoms with Gasteiger partial charge in [-0.3, -0.25) is 9.59 Å².